The van der Waals surface area contributed by atoms with Gasteiger partial charge < -0.3 is 10.1 Å². The van der Waals surface area contributed by atoms with Crippen LogP contribution in [0.15, 0.2) is 48.5 Å². The number of benzene rings is 2. The predicted molar refractivity (Wildman–Crippen MR) is 71.7 cm³/mol. The number of rotatable bonds is 4. The standard InChI is InChI=1S/C15H14FNO2/c1-11-7-8-12(16)9-14(11)19-10-15(18)17-13-5-3-2-4-6-13/h2-9H,10H2,1H3,(H,17,18). The van der Waals surface area contributed by atoms with E-state index in [1.165, 1.54) is 12.1 Å². The van der Waals surface area contributed by atoms with Crippen LogP contribution in [0.5, 0.6) is 5.75 Å². The van der Waals surface area contributed by atoms with Gasteiger partial charge in [0.25, 0.3) is 5.91 Å². The number of halogens is 1. The van der Waals surface area contributed by atoms with Crippen LogP contribution in [0.4, 0.5) is 10.1 Å². The summed E-state index contributed by atoms with van der Waals surface area (Å²) in [7, 11) is 0. The van der Waals surface area contributed by atoms with Crippen molar-refractivity contribution in [1.82, 2.24) is 0 Å². The van der Waals surface area contributed by atoms with Crippen molar-refractivity contribution in [2.75, 3.05) is 11.9 Å². The van der Waals surface area contributed by atoms with Crippen LogP contribution in [0.1, 0.15) is 5.56 Å². The van der Waals surface area contributed by atoms with Gasteiger partial charge in [0.15, 0.2) is 6.61 Å². The molecule has 0 saturated heterocycles. The summed E-state index contributed by atoms with van der Waals surface area (Å²) in [6, 6.07) is 13.3. The molecule has 0 radical (unpaired) electrons. The van der Waals surface area contributed by atoms with Gasteiger partial charge >= 0.3 is 0 Å². The summed E-state index contributed by atoms with van der Waals surface area (Å²) < 4.78 is 18.3. The van der Waals surface area contributed by atoms with E-state index < -0.39 is 0 Å². The van der Waals surface area contributed by atoms with E-state index in [9.17, 15) is 9.18 Å². The minimum Gasteiger partial charge on any atom is -0.483 e. The van der Waals surface area contributed by atoms with Crippen LogP contribution < -0.4 is 10.1 Å². The van der Waals surface area contributed by atoms with Crippen LogP contribution in [0.3, 0.4) is 0 Å². The average molecular weight is 259 g/mol. The Kier molecular flexibility index (Phi) is 4.13. The van der Waals surface area contributed by atoms with Gasteiger partial charge in [0.05, 0.1) is 0 Å². The van der Waals surface area contributed by atoms with Crippen molar-refractivity contribution in [2.24, 2.45) is 0 Å². The highest BCUT2D eigenvalue weighted by molar-refractivity contribution is 5.91. The Labute approximate surface area is 111 Å². The van der Waals surface area contributed by atoms with Gasteiger partial charge in [-0.2, -0.15) is 0 Å². The minimum atomic E-state index is -0.385. The van der Waals surface area contributed by atoms with Gasteiger partial charge in [-0.15, -0.1) is 0 Å². The van der Waals surface area contributed by atoms with Crippen molar-refractivity contribution in [2.45, 2.75) is 6.92 Å². The van der Waals surface area contributed by atoms with Crippen LogP contribution in [-0.2, 0) is 4.79 Å². The zero-order chi connectivity index (χ0) is 13.7. The van der Waals surface area contributed by atoms with Gasteiger partial charge in [-0.3, -0.25) is 4.79 Å². The zero-order valence-electron chi connectivity index (χ0n) is 10.5. The first-order valence-corrected chi connectivity index (χ1v) is 5.89. The fraction of sp³-hybridized carbons (Fsp3) is 0.133. The molecule has 2 aromatic carbocycles. The molecule has 0 aliphatic rings. The molecule has 0 spiro atoms. The third kappa shape index (κ3) is 3.81. The molecule has 19 heavy (non-hydrogen) atoms. The number of para-hydroxylation sites is 1. The lowest BCUT2D eigenvalue weighted by atomic mass is 10.2. The lowest BCUT2D eigenvalue weighted by molar-refractivity contribution is -0.118. The Hall–Kier alpha value is -2.36. The molecule has 0 bridgehead atoms. The van der Waals surface area contributed by atoms with E-state index in [4.69, 9.17) is 4.74 Å². The molecule has 0 fully saturated rings. The highest BCUT2D eigenvalue weighted by atomic mass is 19.1. The SMILES string of the molecule is Cc1ccc(F)cc1OCC(=O)Nc1ccccc1. The van der Waals surface area contributed by atoms with Gasteiger partial charge in [0.2, 0.25) is 0 Å². The van der Waals surface area contributed by atoms with Crippen molar-refractivity contribution in [3.05, 3.63) is 59.9 Å². The summed E-state index contributed by atoms with van der Waals surface area (Å²) in [6.45, 7) is 1.64. The maximum Gasteiger partial charge on any atom is 0.262 e. The van der Waals surface area contributed by atoms with Crippen molar-refractivity contribution in [1.29, 1.82) is 0 Å². The van der Waals surface area contributed by atoms with Gasteiger partial charge in [-0.1, -0.05) is 24.3 Å². The quantitative estimate of drug-likeness (QED) is 0.916. The van der Waals surface area contributed by atoms with Crippen LogP contribution in [-0.4, -0.2) is 12.5 Å². The van der Waals surface area contributed by atoms with E-state index in [0.29, 0.717) is 11.4 Å². The summed E-state index contributed by atoms with van der Waals surface area (Å²) in [5.41, 5.74) is 1.49. The molecule has 4 heteroatoms. The molecule has 0 aliphatic carbocycles. The number of hydrogen-bond acceptors (Lipinski definition) is 2. The maximum absolute atomic E-state index is 13.0. The largest absolute Gasteiger partial charge is 0.483 e. The Bertz CT molecular complexity index is 570. The third-order valence-electron chi connectivity index (χ3n) is 2.57. The van der Waals surface area contributed by atoms with Crippen LogP contribution in [0.2, 0.25) is 0 Å². The average Bonchev–Trinajstić information content (AvgIpc) is 2.41. The van der Waals surface area contributed by atoms with Gasteiger partial charge in [-0.25, -0.2) is 4.39 Å². The Balaban J connectivity index is 1.92. The number of aryl methyl sites for hydroxylation is 1. The molecule has 0 aliphatic heterocycles. The molecular formula is C15H14FNO2. The molecule has 98 valence electrons. The molecule has 3 nitrogen and oxygen atoms in total. The first kappa shape index (κ1) is 13.1. The lowest BCUT2D eigenvalue weighted by Crippen LogP contribution is -2.20. The molecule has 0 saturated carbocycles. The minimum absolute atomic E-state index is 0.154. The lowest BCUT2D eigenvalue weighted by Gasteiger charge is -2.09. The van der Waals surface area contributed by atoms with Gasteiger partial charge in [0.1, 0.15) is 11.6 Å². The molecule has 0 atom stereocenters. The predicted octanol–water partition coefficient (Wildman–Crippen LogP) is 3.15. The van der Waals surface area contributed by atoms with E-state index in [1.807, 2.05) is 18.2 Å². The highest BCUT2D eigenvalue weighted by Gasteiger charge is 2.06. The first-order valence-electron chi connectivity index (χ1n) is 5.89. The highest BCUT2D eigenvalue weighted by Crippen LogP contribution is 2.18. The van der Waals surface area contributed by atoms with Crippen molar-refractivity contribution < 1.29 is 13.9 Å². The van der Waals surface area contributed by atoms with Crippen LogP contribution in [0, 0.1) is 12.7 Å². The second kappa shape index (κ2) is 6.00. The molecule has 0 aromatic heterocycles. The molecule has 0 unspecified atom stereocenters. The maximum atomic E-state index is 13.0. The second-order valence-corrected chi connectivity index (χ2v) is 4.11. The van der Waals surface area contributed by atoms with E-state index >= 15 is 0 Å². The molecule has 2 aromatic rings. The summed E-state index contributed by atoms with van der Waals surface area (Å²) in [4.78, 5) is 11.7. The van der Waals surface area contributed by atoms with E-state index in [-0.39, 0.29) is 18.3 Å². The van der Waals surface area contributed by atoms with E-state index in [0.717, 1.165) is 5.56 Å². The number of ether oxygens (including phenoxy) is 1. The number of hydrogen-bond donors (Lipinski definition) is 1. The fourth-order valence-electron chi connectivity index (χ4n) is 1.59. The van der Waals surface area contributed by atoms with Crippen LogP contribution >= 0.6 is 0 Å². The molecule has 0 heterocycles. The number of carbonyl (C=O) groups excluding carboxylic acids is 1. The normalized spacial score (nSPS) is 10.0. The second-order valence-electron chi connectivity index (χ2n) is 4.11. The van der Waals surface area contributed by atoms with Gasteiger partial charge in [-0.05, 0) is 30.7 Å². The third-order valence-corrected chi connectivity index (χ3v) is 2.57. The number of amides is 1. The first-order chi connectivity index (χ1) is 9.15. The monoisotopic (exact) mass is 259 g/mol. The van der Waals surface area contributed by atoms with E-state index in [1.54, 1.807) is 25.1 Å². The molecule has 2 rings (SSSR count). The smallest absolute Gasteiger partial charge is 0.262 e. The van der Waals surface area contributed by atoms with E-state index in [2.05, 4.69) is 5.32 Å². The Morgan fingerprint density at radius 1 is 1.21 bits per heavy atom. The molecule has 1 N–H and O–H groups in total. The number of nitrogens with one attached hydrogen (secondary N) is 1. The summed E-state index contributed by atoms with van der Waals surface area (Å²) in [6.07, 6.45) is 0. The number of carbonyl (C=O) groups is 1. The van der Waals surface area contributed by atoms with Crippen molar-refractivity contribution in [3.63, 3.8) is 0 Å². The molecule has 1 amide bonds. The fourth-order valence-corrected chi connectivity index (χ4v) is 1.59. The summed E-state index contributed by atoms with van der Waals surface area (Å²) in [5.74, 6) is -0.290. The Morgan fingerprint density at radius 2 is 1.95 bits per heavy atom. The molecular weight excluding hydrogens is 245 g/mol. The summed E-state index contributed by atoms with van der Waals surface area (Å²) in [5, 5.41) is 2.69. The zero-order valence-corrected chi connectivity index (χ0v) is 10.5. The van der Waals surface area contributed by atoms with Gasteiger partial charge in [0, 0.05) is 11.8 Å². The Morgan fingerprint density at radius 3 is 2.68 bits per heavy atom. The van der Waals surface area contributed by atoms with Crippen molar-refractivity contribution >= 4 is 11.6 Å². The van der Waals surface area contributed by atoms with Crippen molar-refractivity contribution in [3.8, 4) is 5.75 Å². The van der Waals surface area contributed by atoms with Crippen LogP contribution in [0.25, 0.3) is 0 Å². The topological polar surface area (TPSA) is 38.3 Å². The summed E-state index contributed by atoms with van der Waals surface area (Å²) >= 11 is 0. The number of anilines is 1.